The molecule has 0 saturated carbocycles. The molecule has 0 radical (unpaired) electrons. The molecule has 0 saturated heterocycles. The van der Waals surface area contributed by atoms with Gasteiger partial charge in [-0.3, -0.25) is 10.1 Å². The minimum Gasteiger partial charge on any atom is -0.496 e. The number of amides is 1. The maximum Gasteiger partial charge on any atom is 0.259 e. The number of pyridine rings is 1. The van der Waals surface area contributed by atoms with Gasteiger partial charge >= 0.3 is 0 Å². The van der Waals surface area contributed by atoms with E-state index in [-0.39, 0.29) is 5.91 Å². The fraction of sp³-hybridized carbons (Fsp3) is 0.0417. The molecule has 2 aromatic carbocycles. The number of aromatic nitrogens is 4. The lowest BCUT2D eigenvalue weighted by atomic mass is 10.0. The van der Waals surface area contributed by atoms with Gasteiger partial charge < -0.3 is 4.74 Å². The second kappa shape index (κ2) is 8.93. The van der Waals surface area contributed by atoms with Crippen LogP contribution >= 0.6 is 22.9 Å². The van der Waals surface area contributed by atoms with Crippen LogP contribution in [0.1, 0.15) is 10.4 Å². The van der Waals surface area contributed by atoms with Crippen molar-refractivity contribution in [3.63, 3.8) is 0 Å². The number of fused-ring (bicyclic) bond motifs is 1. The van der Waals surface area contributed by atoms with Crippen LogP contribution in [0.4, 0.5) is 5.13 Å². The second-order valence-corrected chi connectivity index (χ2v) is 8.43. The lowest BCUT2D eigenvalue weighted by Crippen LogP contribution is -2.14. The average molecular weight is 474 g/mol. The maximum atomic E-state index is 13.1. The van der Waals surface area contributed by atoms with Crippen LogP contribution < -0.4 is 10.1 Å². The van der Waals surface area contributed by atoms with E-state index >= 15 is 0 Å². The summed E-state index contributed by atoms with van der Waals surface area (Å²) in [6, 6.07) is 18.7. The number of halogens is 1. The molecule has 9 heteroatoms. The molecule has 0 aliphatic carbocycles. The molecule has 3 aromatic heterocycles. The molecule has 5 rings (SSSR count). The number of hydrogen-bond donors (Lipinski definition) is 1. The van der Waals surface area contributed by atoms with Gasteiger partial charge in [-0.25, -0.2) is 9.97 Å². The molecule has 1 N–H and O–H groups in total. The van der Waals surface area contributed by atoms with E-state index in [0.717, 1.165) is 21.7 Å². The highest BCUT2D eigenvalue weighted by molar-refractivity contribution is 7.22. The summed E-state index contributed by atoms with van der Waals surface area (Å²) < 4.78 is 5.44. The highest BCUT2D eigenvalue weighted by Gasteiger charge is 2.18. The summed E-state index contributed by atoms with van der Waals surface area (Å²) in [6.45, 7) is 0. The number of rotatable bonds is 5. The van der Waals surface area contributed by atoms with Gasteiger partial charge in [0.05, 0.1) is 30.8 Å². The smallest absolute Gasteiger partial charge is 0.259 e. The van der Waals surface area contributed by atoms with E-state index in [1.165, 1.54) is 17.5 Å². The van der Waals surface area contributed by atoms with E-state index in [0.29, 0.717) is 32.5 Å². The van der Waals surface area contributed by atoms with E-state index < -0.39 is 0 Å². The number of benzene rings is 2. The zero-order chi connectivity index (χ0) is 22.8. The van der Waals surface area contributed by atoms with Crippen molar-refractivity contribution in [2.45, 2.75) is 0 Å². The molecule has 0 bridgehead atoms. The molecule has 0 unspecified atom stereocenters. The van der Waals surface area contributed by atoms with Crippen molar-refractivity contribution in [3.8, 4) is 28.1 Å². The fourth-order valence-electron chi connectivity index (χ4n) is 3.40. The van der Waals surface area contributed by atoms with Crippen LogP contribution in [0, 0.1) is 0 Å². The summed E-state index contributed by atoms with van der Waals surface area (Å²) >= 11 is 7.28. The number of carbonyl (C=O) groups is 1. The molecule has 5 aromatic rings. The van der Waals surface area contributed by atoms with Crippen LogP contribution in [0.3, 0.4) is 0 Å². The molecule has 3 heterocycles. The maximum absolute atomic E-state index is 13.1. The number of carbonyl (C=O) groups excluding carboxylic acids is 1. The van der Waals surface area contributed by atoms with Crippen LogP contribution in [0.5, 0.6) is 5.75 Å². The monoisotopic (exact) mass is 473 g/mol. The Morgan fingerprint density at radius 3 is 2.55 bits per heavy atom. The predicted octanol–water partition coefficient (Wildman–Crippen LogP) is 5.73. The van der Waals surface area contributed by atoms with Gasteiger partial charge in [-0.05, 0) is 30.3 Å². The Balaban J connectivity index is 1.45. The van der Waals surface area contributed by atoms with Crippen molar-refractivity contribution in [1.29, 1.82) is 0 Å². The average Bonchev–Trinajstić information content (AvgIpc) is 3.26. The highest BCUT2D eigenvalue weighted by atomic mass is 35.5. The van der Waals surface area contributed by atoms with Crippen molar-refractivity contribution in [3.05, 3.63) is 83.6 Å². The zero-order valence-electron chi connectivity index (χ0n) is 17.3. The molecule has 0 aliphatic rings. The number of nitrogens with one attached hydrogen (secondary N) is 1. The quantitative estimate of drug-likeness (QED) is 0.350. The Bertz CT molecular complexity index is 1470. The topological polar surface area (TPSA) is 89.9 Å². The Kier molecular flexibility index (Phi) is 5.68. The second-order valence-electron chi connectivity index (χ2n) is 7.02. The Morgan fingerprint density at radius 2 is 1.73 bits per heavy atom. The predicted molar refractivity (Wildman–Crippen MR) is 130 cm³/mol. The van der Waals surface area contributed by atoms with Crippen molar-refractivity contribution in [1.82, 2.24) is 20.2 Å². The first kappa shape index (κ1) is 21.0. The van der Waals surface area contributed by atoms with Gasteiger partial charge in [0.1, 0.15) is 16.1 Å². The van der Waals surface area contributed by atoms with E-state index in [1.54, 1.807) is 13.3 Å². The van der Waals surface area contributed by atoms with Crippen LogP contribution in [0.2, 0.25) is 5.02 Å². The first-order valence-corrected chi connectivity index (χ1v) is 11.1. The summed E-state index contributed by atoms with van der Waals surface area (Å²) in [6.07, 6.45) is 2.98. The molecule has 0 aliphatic heterocycles. The summed E-state index contributed by atoms with van der Waals surface area (Å²) in [5.41, 5.74) is 4.18. The summed E-state index contributed by atoms with van der Waals surface area (Å²) in [5, 5.41) is 11.8. The molecule has 0 fully saturated rings. The van der Waals surface area contributed by atoms with Crippen molar-refractivity contribution in [2.24, 2.45) is 0 Å². The normalized spacial score (nSPS) is 10.8. The van der Waals surface area contributed by atoms with Crippen LogP contribution in [0.15, 0.2) is 73.1 Å². The summed E-state index contributed by atoms with van der Waals surface area (Å²) in [7, 11) is 1.58. The molecule has 0 spiro atoms. The summed E-state index contributed by atoms with van der Waals surface area (Å²) in [4.78, 5) is 23.0. The first-order valence-electron chi connectivity index (χ1n) is 9.91. The molecule has 1 amide bonds. The summed E-state index contributed by atoms with van der Waals surface area (Å²) in [5.74, 6) is 0.293. The van der Waals surface area contributed by atoms with Crippen LogP contribution in [-0.4, -0.2) is 33.2 Å². The number of para-hydroxylation sites is 1. The van der Waals surface area contributed by atoms with E-state index in [4.69, 9.17) is 16.3 Å². The minimum atomic E-state index is -0.345. The van der Waals surface area contributed by atoms with Gasteiger partial charge in [0.15, 0.2) is 5.13 Å². The van der Waals surface area contributed by atoms with E-state index in [9.17, 15) is 4.79 Å². The molecule has 7 nitrogen and oxygen atoms in total. The third-order valence-electron chi connectivity index (χ3n) is 4.99. The van der Waals surface area contributed by atoms with Gasteiger partial charge in [-0.1, -0.05) is 53.3 Å². The Morgan fingerprint density at radius 1 is 0.939 bits per heavy atom. The number of nitrogens with zero attached hydrogens (tertiary/aromatic N) is 4. The van der Waals surface area contributed by atoms with Crippen LogP contribution in [-0.2, 0) is 0 Å². The fourth-order valence-corrected chi connectivity index (χ4v) is 4.36. The number of methoxy groups -OCH3 is 1. The number of thiazole rings is 1. The SMILES string of the molecule is COc1ccccc1-c1cnncc1C(=O)Nc1nc2ccc(-c3ccc(Cl)cc3)nc2s1. The lowest BCUT2D eigenvalue weighted by molar-refractivity contribution is 0.102. The number of anilines is 1. The first-order chi connectivity index (χ1) is 16.1. The molecule has 162 valence electrons. The standard InChI is InChI=1S/C24H16ClN5O2S/c1-32-21-5-3-2-4-16(21)17-12-26-27-13-18(17)22(31)30-24-29-20-11-10-19(28-23(20)33-24)14-6-8-15(25)9-7-14/h2-13H,1H3,(H,29,30,31). The van der Waals surface area contributed by atoms with E-state index in [2.05, 4.69) is 25.5 Å². The molecule has 33 heavy (non-hydrogen) atoms. The molecular weight excluding hydrogens is 458 g/mol. The number of hydrogen-bond acceptors (Lipinski definition) is 7. The molecule has 0 atom stereocenters. The van der Waals surface area contributed by atoms with Crippen LogP contribution in [0.25, 0.3) is 32.7 Å². The van der Waals surface area contributed by atoms with Gasteiger partial charge in [0.2, 0.25) is 0 Å². The van der Waals surface area contributed by atoms with Gasteiger partial charge in [-0.15, -0.1) is 0 Å². The van der Waals surface area contributed by atoms with Crippen molar-refractivity contribution >= 4 is 44.3 Å². The Labute approximate surface area is 198 Å². The van der Waals surface area contributed by atoms with Crippen molar-refractivity contribution < 1.29 is 9.53 Å². The third kappa shape index (κ3) is 4.26. The largest absolute Gasteiger partial charge is 0.496 e. The molecular formula is C24H16ClN5O2S. The lowest BCUT2D eigenvalue weighted by Gasteiger charge is -2.11. The van der Waals surface area contributed by atoms with Gasteiger partial charge in [0, 0.05) is 21.7 Å². The Hall–Kier alpha value is -3.88. The van der Waals surface area contributed by atoms with Gasteiger partial charge in [-0.2, -0.15) is 10.2 Å². The van der Waals surface area contributed by atoms with Gasteiger partial charge in [0.25, 0.3) is 5.91 Å². The van der Waals surface area contributed by atoms with E-state index in [1.807, 2.05) is 60.7 Å². The zero-order valence-corrected chi connectivity index (χ0v) is 18.9. The van der Waals surface area contributed by atoms with Crippen molar-refractivity contribution in [2.75, 3.05) is 12.4 Å². The highest BCUT2D eigenvalue weighted by Crippen LogP contribution is 2.32. The minimum absolute atomic E-state index is 0.345. The number of ether oxygens (including phenoxy) is 1. The third-order valence-corrected chi connectivity index (χ3v) is 6.12.